The number of fused-ring (bicyclic) bond motifs is 6. The molecular weight excluding hydrogens is 965 g/mol. The second kappa shape index (κ2) is 20.6. The standard InChI is InChI=1S/C78H56N2/c1-53-49-63(79(77-35-19-17-29-69(77)55-21-5-3-6-22-55)61-41-37-57(38-42-61)75-51-59-25-9-11-27-67(59)71-31-13-15-33-73(71)75)45-47-65(53)66-48-46-64(50-54(66)2)80(78-36-20-18-30-70(78)56-23-7-4-8-24-56)62-43-39-58(40-44-62)76-52-60-26-10-12-28-68(60)72-32-14-16-34-74(72)76/h3-52H,1-2H3. The third kappa shape index (κ3) is 8.74. The van der Waals surface area contributed by atoms with Crippen molar-refractivity contribution in [3.05, 3.63) is 314 Å². The maximum atomic E-state index is 2.42. The van der Waals surface area contributed by atoms with Crippen molar-refractivity contribution >= 4 is 77.2 Å². The summed E-state index contributed by atoms with van der Waals surface area (Å²) in [6.45, 7) is 4.51. The lowest BCUT2D eigenvalue weighted by Gasteiger charge is -2.29. The van der Waals surface area contributed by atoms with Gasteiger partial charge in [-0.15, -0.1) is 0 Å². The fourth-order valence-corrected chi connectivity index (χ4v) is 12.3. The van der Waals surface area contributed by atoms with E-state index in [2.05, 4.69) is 327 Å². The smallest absolute Gasteiger partial charge is 0.0540 e. The summed E-state index contributed by atoms with van der Waals surface area (Å²) >= 11 is 0. The Morgan fingerprint density at radius 1 is 0.200 bits per heavy atom. The van der Waals surface area contributed by atoms with E-state index < -0.39 is 0 Å². The zero-order valence-electron chi connectivity index (χ0n) is 44.8. The molecule has 80 heavy (non-hydrogen) atoms. The van der Waals surface area contributed by atoms with E-state index in [0.717, 1.165) is 34.1 Å². The van der Waals surface area contributed by atoms with Gasteiger partial charge in [-0.2, -0.15) is 0 Å². The normalized spacial score (nSPS) is 11.4. The summed E-state index contributed by atoms with van der Waals surface area (Å²) in [6, 6.07) is 111. The van der Waals surface area contributed by atoms with Gasteiger partial charge < -0.3 is 9.80 Å². The highest BCUT2D eigenvalue weighted by Crippen LogP contribution is 2.46. The first-order valence-corrected chi connectivity index (χ1v) is 27.7. The molecule has 0 aliphatic heterocycles. The third-order valence-corrected chi connectivity index (χ3v) is 16.1. The molecule has 2 heteroatoms. The van der Waals surface area contributed by atoms with Crippen LogP contribution in [-0.4, -0.2) is 0 Å². The number of aryl methyl sites for hydroxylation is 2. The number of nitrogens with zero attached hydrogens (tertiary/aromatic N) is 2. The Balaban J connectivity index is 0.853. The predicted octanol–water partition coefficient (Wildman–Crippen LogP) is 22.2. The second-order valence-electron chi connectivity index (χ2n) is 20.9. The molecule has 0 atom stereocenters. The lowest BCUT2D eigenvalue weighted by molar-refractivity contribution is 1.26. The maximum absolute atomic E-state index is 2.42. The SMILES string of the molecule is Cc1cc(N(c2ccc(-c3cc4ccccc4c4ccccc34)cc2)c2ccccc2-c2ccccc2)ccc1-c1ccc(N(c2ccc(-c3cc4ccccc4c4ccccc34)cc2)c2ccccc2-c2ccccc2)cc1C. The highest BCUT2D eigenvalue weighted by Gasteiger charge is 2.22. The lowest BCUT2D eigenvalue weighted by atomic mass is 9.93. The van der Waals surface area contributed by atoms with E-state index in [1.165, 1.54) is 110 Å². The minimum absolute atomic E-state index is 1.09. The zero-order valence-corrected chi connectivity index (χ0v) is 44.8. The first kappa shape index (κ1) is 48.1. The van der Waals surface area contributed by atoms with Crippen LogP contribution in [-0.2, 0) is 0 Å². The molecule has 0 aromatic heterocycles. The fraction of sp³-hybridized carbons (Fsp3) is 0.0256. The number of benzene rings is 14. The summed E-state index contributed by atoms with van der Waals surface area (Å²) in [4.78, 5) is 4.85. The molecular formula is C78H56N2. The summed E-state index contributed by atoms with van der Waals surface area (Å²) < 4.78 is 0. The molecule has 14 aromatic rings. The van der Waals surface area contributed by atoms with Crippen molar-refractivity contribution in [3.8, 4) is 55.6 Å². The van der Waals surface area contributed by atoms with Crippen LogP contribution in [0.5, 0.6) is 0 Å². The van der Waals surface area contributed by atoms with Crippen molar-refractivity contribution in [1.29, 1.82) is 0 Å². The van der Waals surface area contributed by atoms with Crippen LogP contribution in [0, 0.1) is 13.8 Å². The highest BCUT2D eigenvalue weighted by atomic mass is 15.1. The van der Waals surface area contributed by atoms with Crippen LogP contribution >= 0.6 is 0 Å². The van der Waals surface area contributed by atoms with Gasteiger partial charge in [-0.1, -0.05) is 231 Å². The quantitative estimate of drug-likeness (QED) is 0.119. The Hall–Kier alpha value is -10.3. The summed E-state index contributed by atoms with van der Waals surface area (Å²) in [5.74, 6) is 0. The van der Waals surface area contributed by atoms with Gasteiger partial charge in [-0.3, -0.25) is 0 Å². The number of rotatable bonds is 11. The van der Waals surface area contributed by atoms with Gasteiger partial charge in [-0.05, 0) is 185 Å². The van der Waals surface area contributed by atoms with Crippen molar-refractivity contribution in [2.24, 2.45) is 0 Å². The Bertz CT molecular complexity index is 4300. The number of anilines is 6. The van der Waals surface area contributed by atoms with Gasteiger partial charge in [0.25, 0.3) is 0 Å². The van der Waals surface area contributed by atoms with Gasteiger partial charge >= 0.3 is 0 Å². The third-order valence-electron chi connectivity index (χ3n) is 16.1. The topological polar surface area (TPSA) is 6.48 Å². The molecule has 378 valence electrons. The molecule has 2 nitrogen and oxygen atoms in total. The minimum Gasteiger partial charge on any atom is -0.310 e. The van der Waals surface area contributed by atoms with Crippen molar-refractivity contribution < 1.29 is 0 Å². The second-order valence-corrected chi connectivity index (χ2v) is 20.9. The Morgan fingerprint density at radius 2 is 0.512 bits per heavy atom. The summed E-state index contributed by atoms with van der Waals surface area (Å²) in [6.07, 6.45) is 0. The lowest BCUT2D eigenvalue weighted by Crippen LogP contribution is -2.12. The predicted molar refractivity (Wildman–Crippen MR) is 342 cm³/mol. The molecule has 0 saturated carbocycles. The van der Waals surface area contributed by atoms with Crippen LogP contribution in [0.3, 0.4) is 0 Å². The van der Waals surface area contributed by atoms with E-state index in [-0.39, 0.29) is 0 Å². The molecule has 0 unspecified atom stereocenters. The minimum atomic E-state index is 1.09. The van der Waals surface area contributed by atoms with Gasteiger partial charge in [0.1, 0.15) is 0 Å². The molecule has 0 bridgehead atoms. The van der Waals surface area contributed by atoms with Gasteiger partial charge in [0.15, 0.2) is 0 Å². The van der Waals surface area contributed by atoms with Crippen LogP contribution in [0.1, 0.15) is 11.1 Å². The number of hydrogen-bond acceptors (Lipinski definition) is 2. The molecule has 14 rings (SSSR count). The van der Waals surface area contributed by atoms with E-state index in [0.29, 0.717) is 0 Å². The van der Waals surface area contributed by atoms with Crippen LogP contribution in [0.2, 0.25) is 0 Å². The molecule has 0 radical (unpaired) electrons. The van der Waals surface area contributed by atoms with Gasteiger partial charge in [-0.25, -0.2) is 0 Å². The Labute approximate surface area is 468 Å². The van der Waals surface area contributed by atoms with E-state index in [9.17, 15) is 0 Å². The molecule has 0 saturated heterocycles. The summed E-state index contributed by atoms with van der Waals surface area (Å²) in [7, 11) is 0. The first-order chi connectivity index (χ1) is 39.5. The molecule has 0 heterocycles. The monoisotopic (exact) mass is 1020 g/mol. The largest absolute Gasteiger partial charge is 0.310 e. The van der Waals surface area contributed by atoms with Crippen molar-refractivity contribution in [3.63, 3.8) is 0 Å². The first-order valence-electron chi connectivity index (χ1n) is 27.7. The molecule has 0 spiro atoms. The van der Waals surface area contributed by atoms with Crippen molar-refractivity contribution in [1.82, 2.24) is 0 Å². The number of hydrogen-bond donors (Lipinski definition) is 0. The number of para-hydroxylation sites is 2. The highest BCUT2D eigenvalue weighted by molar-refractivity contribution is 6.15. The van der Waals surface area contributed by atoms with Crippen LogP contribution in [0.25, 0.3) is 98.7 Å². The van der Waals surface area contributed by atoms with Crippen LogP contribution in [0.15, 0.2) is 303 Å². The van der Waals surface area contributed by atoms with Crippen LogP contribution in [0.4, 0.5) is 34.1 Å². The average Bonchev–Trinajstić information content (AvgIpc) is 3.53. The van der Waals surface area contributed by atoms with Crippen LogP contribution < -0.4 is 9.80 Å². The van der Waals surface area contributed by atoms with E-state index >= 15 is 0 Å². The van der Waals surface area contributed by atoms with E-state index in [1.54, 1.807) is 0 Å². The zero-order chi connectivity index (χ0) is 53.5. The molecule has 14 aromatic carbocycles. The Morgan fingerprint density at radius 3 is 0.912 bits per heavy atom. The molecule has 0 aliphatic rings. The Kier molecular flexibility index (Phi) is 12.4. The summed E-state index contributed by atoms with van der Waals surface area (Å²) in [5.41, 5.74) is 20.9. The van der Waals surface area contributed by atoms with Gasteiger partial charge in [0.2, 0.25) is 0 Å². The van der Waals surface area contributed by atoms with Crippen molar-refractivity contribution in [2.75, 3.05) is 9.80 Å². The van der Waals surface area contributed by atoms with Crippen molar-refractivity contribution in [2.45, 2.75) is 13.8 Å². The van der Waals surface area contributed by atoms with E-state index in [4.69, 9.17) is 0 Å². The maximum Gasteiger partial charge on any atom is 0.0540 e. The molecule has 0 amide bonds. The molecule has 0 aliphatic carbocycles. The van der Waals surface area contributed by atoms with E-state index in [1.807, 2.05) is 0 Å². The summed E-state index contributed by atoms with van der Waals surface area (Å²) in [5, 5.41) is 10.1. The molecule has 0 fully saturated rings. The fourth-order valence-electron chi connectivity index (χ4n) is 12.3. The van der Waals surface area contributed by atoms with Gasteiger partial charge in [0.05, 0.1) is 11.4 Å². The molecule has 0 N–H and O–H groups in total. The average molecular weight is 1020 g/mol. The van der Waals surface area contributed by atoms with Gasteiger partial charge in [0, 0.05) is 33.9 Å².